The van der Waals surface area contributed by atoms with E-state index in [0.29, 0.717) is 0 Å². The molecule has 1 unspecified atom stereocenters. The molecule has 0 aliphatic heterocycles. The molecule has 0 aromatic rings. The van der Waals surface area contributed by atoms with Gasteiger partial charge in [-0.15, -0.1) is 0 Å². The van der Waals surface area contributed by atoms with E-state index in [0.717, 1.165) is 12.3 Å². The van der Waals surface area contributed by atoms with Gasteiger partial charge in [-0.05, 0) is 6.92 Å². The third-order valence-electron chi connectivity index (χ3n) is 2.60. The van der Waals surface area contributed by atoms with Crippen LogP contribution in [0, 0.1) is 5.41 Å². The first-order chi connectivity index (χ1) is 7.15. The standard InChI is InChI=1S/C10H17NO5/c1-9(2,6-12)10(3,16)8(15)11-5-4-7(13)14/h4-5,12,16H,6H2,1-3H3,(H,11,15)(H,13,14). The van der Waals surface area contributed by atoms with Gasteiger partial charge < -0.3 is 20.6 Å². The summed E-state index contributed by atoms with van der Waals surface area (Å²) in [5.41, 5.74) is -2.83. The zero-order chi connectivity index (χ0) is 13.0. The van der Waals surface area contributed by atoms with Gasteiger partial charge in [-0.1, -0.05) is 13.8 Å². The lowest BCUT2D eigenvalue weighted by atomic mass is 9.76. The SMILES string of the molecule is CC(C)(CO)C(C)(O)C(=O)NC=CC(=O)O. The number of aliphatic hydroxyl groups excluding tert-OH is 1. The van der Waals surface area contributed by atoms with Crippen molar-refractivity contribution >= 4 is 11.9 Å². The zero-order valence-electron chi connectivity index (χ0n) is 9.52. The molecule has 1 atom stereocenters. The fourth-order valence-electron chi connectivity index (χ4n) is 0.790. The maximum Gasteiger partial charge on any atom is 0.329 e. The van der Waals surface area contributed by atoms with Gasteiger partial charge in [-0.3, -0.25) is 4.79 Å². The minimum atomic E-state index is -1.80. The monoisotopic (exact) mass is 231 g/mol. The lowest BCUT2D eigenvalue weighted by Crippen LogP contribution is -2.54. The highest BCUT2D eigenvalue weighted by atomic mass is 16.4. The van der Waals surface area contributed by atoms with E-state index in [-0.39, 0.29) is 6.61 Å². The van der Waals surface area contributed by atoms with E-state index in [4.69, 9.17) is 10.2 Å². The van der Waals surface area contributed by atoms with Crippen molar-refractivity contribution in [1.29, 1.82) is 0 Å². The van der Waals surface area contributed by atoms with Crippen LogP contribution in [0.15, 0.2) is 12.3 Å². The lowest BCUT2D eigenvalue weighted by molar-refractivity contribution is -0.153. The number of nitrogens with one attached hydrogen (secondary N) is 1. The number of amides is 1. The van der Waals surface area contributed by atoms with Crippen LogP contribution in [-0.2, 0) is 9.59 Å². The van der Waals surface area contributed by atoms with Gasteiger partial charge in [-0.25, -0.2) is 4.79 Å². The van der Waals surface area contributed by atoms with E-state index in [2.05, 4.69) is 5.32 Å². The number of aliphatic hydroxyl groups is 2. The van der Waals surface area contributed by atoms with E-state index in [1.54, 1.807) is 0 Å². The Bertz CT molecular complexity index is 306. The molecular weight excluding hydrogens is 214 g/mol. The van der Waals surface area contributed by atoms with E-state index in [1.807, 2.05) is 0 Å². The van der Waals surface area contributed by atoms with Crippen molar-refractivity contribution in [2.75, 3.05) is 6.61 Å². The first-order valence-corrected chi connectivity index (χ1v) is 4.69. The van der Waals surface area contributed by atoms with Crippen LogP contribution in [-0.4, -0.2) is 39.4 Å². The highest BCUT2D eigenvalue weighted by molar-refractivity contribution is 5.87. The Kier molecular flexibility index (Phi) is 4.64. The molecule has 6 heteroatoms. The number of hydrogen-bond donors (Lipinski definition) is 4. The number of carbonyl (C=O) groups excluding carboxylic acids is 1. The second-order valence-corrected chi connectivity index (χ2v) is 4.26. The first kappa shape index (κ1) is 14.6. The van der Waals surface area contributed by atoms with E-state index >= 15 is 0 Å². The molecule has 0 aromatic carbocycles. The van der Waals surface area contributed by atoms with Gasteiger partial charge in [0.05, 0.1) is 6.61 Å². The molecule has 0 rings (SSSR count). The fourth-order valence-corrected chi connectivity index (χ4v) is 0.790. The molecule has 16 heavy (non-hydrogen) atoms. The van der Waals surface area contributed by atoms with E-state index < -0.39 is 22.9 Å². The molecule has 0 aromatic heterocycles. The van der Waals surface area contributed by atoms with Crippen LogP contribution in [0.5, 0.6) is 0 Å². The Morgan fingerprint density at radius 3 is 2.19 bits per heavy atom. The number of hydrogen-bond acceptors (Lipinski definition) is 4. The molecule has 0 bridgehead atoms. The lowest BCUT2D eigenvalue weighted by Gasteiger charge is -2.36. The van der Waals surface area contributed by atoms with Crippen molar-refractivity contribution < 1.29 is 24.9 Å². The summed E-state index contributed by atoms with van der Waals surface area (Å²) in [4.78, 5) is 21.7. The van der Waals surface area contributed by atoms with Gasteiger partial charge in [0.2, 0.25) is 0 Å². The van der Waals surface area contributed by atoms with Crippen LogP contribution < -0.4 is 5.32 Å². The third kappa shape index (κ3) is 3.32. The second kappa shape index (κ2) is 5.09. The molecule has 4 N–H and O–H groups in total. The molecule has 0 saturated carbocycles. The minimum Gasteiger partial charge on any atom is -0.478 e. The van der Waals surface area contributed by atoms with Crippen molar-refractivity contribution in [1.82, 2.24) is 5.32 Å². The van der Waals surface area contributed by atoms with Crippen LogP contribution >= 0.6 is 0 Å². The highest BCUT2D eigenvalue weighted by Crippen LogP contribution is 2.30. The topological polar surface area (TPSA) is 107 Å². The maximum atomic E-state index is 11.5. The summed E-state index contributed by atoms with van der Waals surface area (Å²) < 4.78 is 0. The van der Waals surface area contributed by atoms with Crippen LogP contribution in [0.3, 0.4) is 0 Å². The zero-order valence-corrected chi connectivity index (χ0v) is 9.52. The van der Waals surface area contributed by atoms with Crippen molar-refractivity contribution in [3.8, 4) is 0 Å². The molecule has 0 saturated heterocycles. The largest absolute Gasteiger partial charge is 0.478 e. The van der Waals surface area contributed by atoms with Crippen LogP contribution in [0.25, 0.3) is 0 Å². The Morgan fingerprint density at radius 1 is 1.31 bits per heavy atom. The predicted octanol–water partition coefficient (Wildman–Crippen LogP) is -0.530. The fraction of sp³-hybridized carbons (Fsp3) is 0.600. The molecule has 0 spiro atoms. The van der Waals surface area contributed by atoms with Crippen LogP contribution in [0.2, 0.25) is 0 Å². The Hall–Kier alpha value is -1.40. The van der Waals surface area contributed by atoms with Gasteiger partial charge >= 0.3 is 5.97 Å². The van der Waals surface area contributed by atoms with Gasteiger partial charge in [0.1, 0.15) is 5.60 Å². The Morgan fingerprint density at radius 2 is 1.81 bits per heavy atom. The molecular formula is C10H17NO5. The molecule has 1 amide bonds. The molecule has 0 aliphatic rings. The normalized spacial score (nSPS) is 15.8. The van der Waals surface area contributed by atoms with Crippen LogP contribution in [0.4, 0.5) is 0 Å². The average Bonchev–Trinajstić information content (AvgIpc) is 2.16. The predicted molar refractivity (Wildman–Crippen MR) is 56.4 cm³/mol. The molecule has 6 nitrogen and oxygen atoms in total. The summed E-state index contributed by atoms with van der Waals surface area (Å²) in [5, 5.41) is 29.4. The molecule has 92 valence electrons. The van der Waals surface area contributed by atoms with Crippen molar-refractivity contribution in [2.24, 2.45) is 5.41 Å². The van der Waals surface area contributed by atoms with Gasteiger partial charge in [-0.2, -0.15) is 0 Å². The number of rotatable bonds is 5. The van der Waals surface area contributed by atoms with Crippen LogP contribution in [0.1, 0.15) is 20.8 Å². The minimum absolute atomic E-state index is 0.379. The number of carboxylic acid groups (broad SMARTS) is 1. The summed E-state index contributed by atoms with van der Waals surface area (Å²) in [6.45, 7) is 3.92. The van der Waals surface area contributed by atoms with Crippen molar-refractivity contribution in [3.05, 3.63) is 12.3 Å². The maximum absolute atomic E-state index is 11.5. The second-order valence-electron chi connectivity index (χ2n) is 4.26. The Labute approximate surface area is 93.6 Å². The molecule has 0 heterocycles. The summed E-state index contributed by atoms with van der Waals surface area (Å²) in [6, 6.07) is 0. The first-order valence-electron chi connectivity index (χ1n) is 4.69. The van der Waals surface area contributed by atoms with Gasteiger partial charge in [0, 0.05) is 17.7 Å². The summed E-state index contributed by atoms with van der Waals surface area (Å²) in [6.07, 6.45) is 1.66. The third-order valence-corrected chi connectivity index (χ3v) is 2.60. The number of carboxylic acids is 1. The van der Waals surface area contributed by atoms with E-state index in [9.17, 15) is 14.7 Å². The summed E-state index contributed by atoms with van der Waals surface area (Å²) >= 11 is 0. The smallest absolute Gasteiger partial charge is 0.329 e. The quantitative estimate of drug-likeness (QED) is 0.476. The van der Waals surface area contributed by atoms with Gasteiger partial charge in [0.25, 0.3) is 5.91 Å². The number of aliphatic carboxylic acids is 1. The van der Waals surface area contributed by atoms with Gasteiger partial charge in [0.15, 0.2) is 0 Å². The molecule has 0 aliphatic carbocycles. The molecule has 0 fully saturated rings. The number of carbonyl (C=O) groups is 2. The van der Waals surface area contributed by atoms with Crippen molar-refractivity contribution in [3.63, 3.8) is 0 Å². The van der Waals surface area contributed by atoms with Crippen molar-refractivity contribution in [2.45, 2.75) is 26.4 Å². The molecule has 0 radical (unpaired) electrons. The highest BCUT2D eigenvalue weighted by Gasteiger charge is 2.44. The average molecular weight is 231 g/mol. The summed E-state index contributed by atoms with van der Waals surface area (Å²) in [7, 11) is 0. The van der Waals surface area contributed by atoms with E-state index in [1.165, 1.54) is 20.8 Å². The Balaban J connectivity index is 4.66. The summed E-state index contributed by atoms with van der Waals surface area (Å²) in [5.74, 6) is -1.98.